The highest BCUT2D eigenvalue weighted by Crippen LogP contribution is 2.23. The number of nitrogens with one attached hydrogen (secondary N) is 1. The smallest absolute Gasteiger partial charge is 0.243 e. The van der Waals surface area contributed by atoms with Crippen molar-refractivity contribution in [2.45, 2.75) is 30.7 Å². The molecule has 0 bridgehead atoms. The number of ether oxygens (including phenoxy) is 1. The lowest BCUT2D eigenvalue weighted by Gasteiger charge is -2.33. The van der Waals surface area contributed by atoms with Crippen LogP contribution in [0.25, 0.3) is 0 Å². The van der Waals surface area contributed by atoms with Crippen molar-refractivity contribution in [3.63, 3.8) is 0 Å². The Balaban J connectivity index is 1.75. The van der Waals surface area contributed by atoms with Crippen molar-refractivity contribution in [1.82, 2.24) is 9.62 Å². The molecule has 2 aromatic carbocycles. The Morgan fingerprint density at radius 1 is 1.07 bits per heavy atom. The zero-order chi connectivity index (χ0) is 19.3. The fourth-order valence-electron chi connectivity index (χ4n) is 3.22. The topological polar surface area (TPSA) is 58.6 Å². The number of rotatable bonds is 7. The Kier molecular flexibility index (Phi) is 6.46. The van der Waals surface area contributed by atoms with E-state index in [0.29, 0.717) is 10.6 Å². The van der Waals surface area contributed by atoms with E-state index in [0.717, 1.165) is 31.5 Å². The maximum atomic E-state index is 13.2. The van der Waals surface area contributed by atoms with Gasteiger partial charge in [-0.25, -0.2) is 12.8 Å². The average Bonchev–Trinajstić information content (AvgIpc) is 2.67. The van der Waals surface area contributed by atoms with Gasteiger partial charge >= 0.3 is 0 Å². The molecule has 0 amide bonds. The van der Waals surface area contributed by atoms with Gasteiger partial charge in [-0.1, -0.05) is 17.7 Å². The molecule has 1 aliphatic rings. The fourth-order valence-corrected chi connectivity index (χ4v) is 4.89. The molecule has 3 rings (SSSR count). The number of hydrogen-bond acceptors (Lipinski definition) is 4. The van der Waals surface area contributed by atoms with Crippen molar-refractivity contribution in [3.05, 3.63) is 59.9 Å². The molecule has 1 fully saturated rings. The summed E-state index contributed by atoms with van der Waals surface area (Å²) in [7, 11) is -3.61. The number of sulfonamides is 1. The van der Waals surface area contributed by atoms with Gasteiger partial charge in [-0.3, -0.25) is 0 Å². The van der Waals surface area contributed by atoms with Crippen LogP contribution in [0.5, 0.6) is 5.75 Å². The van der Waals surface area contributed by atoms with Gasteiger partial charge in [0, 0.05) is 12.6 Å². The maximum Gasteiger partial charge on any atom is 0.243 e. The Labute approximate surface area is 160 Å². The van der Waals surface area contributed by atoms with E-state index in [-0.39, 0.29) is 25.0 Å². The first-order valence-corrected chi connectivity index (χ1v) is 10.6. The fraction of sp³-hybridized carbons (Fsp3) is 0.400. The summed E-state index contributed by atoms with van der Waals surface area (Å²) in [5.74, 6) is 0.190. The highest BCUT2D eigenvalue weighted by Gasteiger charge is 2.32. The maximum absolute atomic E-state index is 13.2. The molecule has 7 heteroatoms. The summed E-state index contributed by atoms with van der Waals surface area (Å²) >= 11 is 0. The summed E-state index contributed by atoms with van der Waals surface area (Å²) in [4.78, 5) is 0.299. The zero-order valence-electron chi connectivity index (χ0n) is 15.4. The quantitative estimate of drug-likeness (QED) is 0.787. The Morgan fingerprint density at radius 2 is 1.70 bits per heavy atom. The highest BCUT2D eigenvalue weighted by atomic mass is 32.2. The van der Waals surface area contributed by atoms with Crippen LogP contribution >= 0.6 is 0 Å². The first-order chi connectivity index (χ1) is 13.0. The third-order valence-electron chi connectivity index (χ3n) is 4.74. The minimum Gasteiger partial charge on any atom is -0.492 e. The van der Waals surface area contributed by atoms with Crippen molar-refractivity contribution >= 4 is 10.0 Å². The van der Waals surface area contributed by atoms with Gasteiger partial charge in [0.25, 0.3) is 0 Å². The predicted octanol–water partition coefficient (Wildman–Crippen LogP) is 2.96. The second-order valence-electron chi connectivity index (χ2n) is 6.71. The van der Waals surface area contributed by atoms with Gasteiger partial charge in [-0.2, -0.15) is 4.31 Å². The number of piperidine rings is 1. The number of aryl methyl sites for hydroxylation is 1. The number of hydrogen-bond donors (Lipinski definition) is 1. The lowest BCUT2D eigenvalue weighted by Crippen LogP contribution is -2.47. The van der Waals surface area contributed by atoms with E-state index in [2.05, 4.69) is 5.32 Å². The van der Waals surface area contributed by atoms with Gasteiger partial charge in [-0.15, -0.1) is 0 Å². The van der Waals surface area contributed by atoms with Crippen LogP contribution in [0.3, 0.4) is 0 Å². The van der Waals surface area contributed by atoms with E-state index in [1.165, 1.54) is 12.1 Å². The molecule has 5 nitrogen and oxygen atoms in total. The van der Waals surface area contributed by atoms with Crippen molar-refractivity contribution in [3.8, 4) is 5.75 Å². The molecule has 0 aromatic heterocycles. The van der Waals surface area contributed by atoms with Gasteiger partial charge < -0.3 is 10.1 Å². The molecular formula is C20H25FN2O3S. The molecule has 0 radical (unpaired) electrons. The van der Waals surface area contributed by atoms with E-state index < -0.39 is 10.0 Å². The summed E-state index contributed by atoms with van der Waals surface area (Å²) in [6.07, 6.45) is 1.53. The van der Waals surface area contributed by atoms with Crippen LogP contribution in [-0.2, 0) is 10.0 Å². The van der Waals surface area contributed by atoms with E-state index in [1.807, 2.05) is 19.1 Å². The minimum absolute atomic E-state index is 0.0608. The zero-order valence-corrected chi connectivity index (χ0v) is 16.2. The van der Waals surface area contributed by atoms with E-state index in [1.54, 1.807) is 28.6 Å². The van der Waals surface area contributed by atoms with Crippen LogP contribution in [0.2, 0.25) is 0 Å². The van der Waals surface area contributed by atoms with Crippen LogP contribution in [0.15, 0.2) is 53.4 Å². The molecule has 0 aliphatic carbocycles. The van der Waals surface area contributed by atoms with Crippen molar-refractivity contribution < 1.29 is 17.5 Å². The van der Waals surface area contributed by atoms with E-state index in [4.69, 9.17) is 4.74 Å². The molecular weight excluding hydrogens is 367 g/mol. The summed E-state index contributed by atoms with van der Waals surface area (Å²) in [6, 6.07) is 12.6. The summed E-state index contributed by atoms with van der Waals surface area (Å²) in [5.41, 5.74) is 1.02. The number of nitrogens with zero attached hydrogens (tertiary/aromatic N) is 1. The van der Waals surface area contributed by atoms with Crippen LogP contribution in [-0.4, -0.2) is 45.0 Å². The summed E-state index contributed by atoms with van der Waals surface area (Å²) in [5, 5.41) is 3.27. The summed E-state index contributed by atoms with van der Waals surface area (Å²) < 4.78 is 46.7. The monoisotopic (exact) mass is 392 g/mol. The Hall–Kier alpha value is -1.96. The molecule has 0 atom stereocenters. The number of benzene rings is 2. The third-order valence-corrected chi connectivity index (χ3v) is 6.70. The molecule has 146 valence electrons. The van der Waals surface area contributed by atoms with Gasteiger partial charge in [0.15, 0.2) is 0 Å². The molecule has 0 saturated carbocycles. The molecule has 1 aliphatic heterocycles. The lowest BCUT2D eigenvalue weighted by atomic mass is 10.1. The van der Waals surface area contributed by atoms with Crippen LogP contribution in [0.1, 0.15) is 18.4 Å². The SMILES string of the molecule is Cc1ccc(S(=O)(=O)N(CCOc2ccc(F)cc2)C2CCNCC2)cc1. The minimum atomic E-state index is -3.61. The van der Waals surface area contributed by atoms with Crippen LogP contribution in [0.4, 0.5) is 4.39 Å². The van der Waals surface area contributed by atoms with Crippen molar-refractivity contribution in [1.29, 1.82) is 0 Å². The first kappa shape index (κ1) is 19.8. The highest BCUT2D eigenvalue weighted by molar-refractivity contribution is 7.89. The second kappa shape index (κ2) is 8.82. The first-order valence-electron chi connectivity index (χ1n) is 9.14. The molecule has 2 aromatic rings. The average molecular weight is 392 g/mol. The van der Waals surface area contributed by atoms with Crippen molar-refractivity contribution in [2.75, 3.05) is 26.2 Å². The molecule has 1 heterocycles. The van der Waals surface area contributed by atoms with Gasteiger partial charge in [0.1, 0.15) is 18.2 Å². The predicted molar refractivity (Wildman–Crippen MR) is 103 cm³/mol. The number of halogens is 1. The molecule has 1 saturated heterocycles. The lowest BCUT2D eigenvalue weighted by molar-refractivity contribution is 0.215. The molecule has 0 unspecified atom stereocenters. The second-order valence-corrected chi connectivity index (χ2v) is 8.60. The van der Waals surface area contributed by atoms with Crippen molar-refractivity contribution in [2.24, 2.45) is 0 Å². The molecule has 27 heavy (non-hydrogen) atoms. The standard InChI is InChI=1S/C20H25FN2O3S/c1-16-2-8-20(9-3-16)27(24,25)23(18-10-12-22-13-11-18)14-15-26-19-6-4-17(21)5-7-19/h2-9,18,22H,10-15H2,1H3. The Bertz CT molecular complexity index is 833. The Morgan fingerprint density at radius 3 is 2.33 bits per heavy atom. The third kappa shape index (κ3) is 5.06. The largest absolute Gasteiger partial charge is 0.492 e. The van der Waals surface area contributed by atoms with Gasteiger partial charge in [0.05, 0.1) is 4.90 Å². The van der Waals surface area contributed by atoms with Crippen LogP contribution in [0, 0.1) is 12.7 Å². The van der Waals surface area contributed by atoms with Gasteiger partial charge in [-0.05, 0) is 69.3 Å². The normalized spacial score (nSPS) is 15.8. The van der Waals surface area contributed by atoms with E-state index >= 15 is 0 Å². The van der Waals surface area contributed by atoms with E-state index in [9.17, 15) is 12.8 Å². The molecule has 0 spiro atoms. The molecule has 1 N–H and O–H groups in total. The summed E-state index contributed by atoms with van der Waals surface area (Å²) in [6.45, 7) is 3.98. The van der Waals surface area contributed by atoms with Gasteiger partial charge in [0.2, 0.25) is 10.0 Å². The van der Waals surface area contributed by atoms with Crippen LogP contribution < -0.4 is 10.1 Å².